The molecule has 1 aromatic carbocycles. The van der Waals surface area contributed by atoms with Crippen molar-refractivity contribution in [2.45, 2.75) is 12.5 Å². The number of hydrogen-bond acceptors (Lipinski definition) is 6. The van der Waals surface area contributed by atoms with Crippen LogP contribution in [0.25, 0.3) is 0 Å². The predicted molar refractivity (Wildman–Crippen MR) is 89.6 cm³/mol. The SMILES string of the molecule is COc1cc(OC)c(C(O)CCN2CCN(C)CC2)c(OC)c1. The van der Waals surface area contributed by atoms with Crippen molar-refractivity contribution in [2.75, 3.05) is 61.1 Å². The van der Waals surface area contributed by atoms with E-state index in [1.165, 1.54) is 0 Å². The van der Waals surface area contributed by atoms with Crippen LogP contribution in [0.4, 0.5) is 0 Å². The largest absolute Gasteiger partial charge is 0.496 e. The Bertz CT molecular complexity index is 476. The Balaban J connectivity index is 2.07. The molecule has 1 unspecified atom stereocenters. The predicted octanol–water partition coefficient (Wildman–Crippen LogP) is 1.38. The minimum Gasteiger partial charge on any atom is -0.496 e. The fourth-order valence-corrected chi connectivity index (χ4v) is 2.88. The molecule has 1 atom stereocenters. The summed E-state index contributed by atoms with van der Waals surface area (Å²) in [5.41, 5.74) is 0.685. The number of aliphatic hydroxyl groups excluding tert-OH is 1. The third-order valence-electron chi connectivity index (χ3n) is 4.40. The number of hydrogen-bond donors (Lipinski definition) is 1. The number of likely N-dealkylation sites (N-methyl/N-ethyl adjacent to an activating group) is 1. The van der Waals surface area contributed by atoms with Gasteiger partial charge < -0.3 is 29.1 Å². The maximum absolute atomic E-state index is 10.7. The van der Waals surface area contributed by atoms with Crippen LogP contribution in [0.15, 0.2) is 12.1 Å². The van der Waals surface area contributed by atoms with Crippen LogP contribution >= 0.6 is 0 Å². The van der Waals surface area contributed by atoms with E-state index in [1.54, 1.807) is 33.5 Å². The van der Waals surface area contributed by atoms with E-state index >= 15 is 0 Å². The monoisotopic (exact) mass is 324 g/mol. The Morgan fingerprint density at radius 2 is 1.57 bits per heavy atom. The molecule has 1 saturated heterocycles. The second-order valence-corrected chi connectivity index (χ2v) is 5.89. The summed E-state index contributed by atoms with van der Waals surface area (Å²) in [6.45, 7) is 5.09. The van der Waals surface area contributed by atoms with Crippen molar-refractivity contribution < 1.29 is 19.3 Å². The van der Waals surface area contributed by atoms with Gasteiger partial charge in [0.05, 0.1) is 33.0 Å². The van der Waals surface area contributed by atoms with Crippen LogP contribution in [-0.2, 0) is 0 Å². The summed E-state index contributed by atoms with van der Waals surface area (Å²) in [6, 6.07) is 3.55. The highest BCUT2D eigenvalue weighted by atomic mass is 16.5. The van der Waals surface area contributed by atoms with Crippen LogP contribution in [0, 0.1) is 0 Å². The number of methoxy groups -OCH3 is 3. The third-order valence-corrected chi connectivity index (χ3v) is 4.40. The molecule has 0 saturated carbocycles. The zero-order chi connectivity index (χ0) is 16.8. The van der Waals surface area contributed by atoms with Crippen LogP contribution in [0.1, 0.15) is 18.1 Å². The second-order valence-electron chi connectivity index (χ2n) is 5.89. The molecule has 0 aromatic heterocycles. The van der Waals surface area contributed by atoms with Crippen molar-refractivity contribution in [1.29, 1.82) is 0 Å². The van der Waals surface area contributed by atoms with E-state index in [2.05, 4.69) is 16.8 Å². The van der Waals surface area contributed by atoms with E-state index in [0.29, 0.717) is 29.2 Å². The normalized spacial score (nSPS) is 17.8. The number of benzene rings is 1. The molecule has 6 nitrogen and oxygen atoms in total. The Morgan fingerprint density at radius 3 is 2.04 bits per heavy atom. The van der Waals surface area contributed by atoms with Gasteiger partial charge in [0.15, 0.2) is 0 Å². The van der Waals surface area contributed by atoms with Crippen molar-refractivity contribution in [2.24, 2.45) is 0 Å². The molecular formula is C17H28N2O4. The van der Waals surface area contributed by atoms with Crippen LogP contribution in [0.3, 0.4) is 0 Å². The smallest absolute Gasteiger partial charge is 0.132 e. The Labute approximate surface area is 138 Å². The topological polar surface area (TPSA) is 54.4 Å². The summed E-state index contributed by atoms with van der Waals surface area (Å²) < 4.78 is 16.1. The maximum Gasteiger partial charge on any atom is 0.132 e. The lowest BCUT2D eigenvalue weighted by molar-refractivity contribution is 0.109. The number of aliphatic hydroxyl groups is 1. The van der Waals surface area contributed by atoms with E-state index in [0.717, 1.165) is 32.7 Å². The fraction of sp³-hybridized carbons (Fsp3) is 0.647. The maximum atomic E-state index is 10.7. The lowest BCUT2D eigenvalue weighted by Crippen LogP contribution is -2.44. The number of rotatable bonds is 7. The van der Waals surface area contributed by atoms with Crippen molar-refractivity contribution in [3.63, 3.8) is 0 Å². The first-order chi connectivity index (χ1) is 11.1. The van der Waals surface area contributed by atoms with Gasteiger partial charge in [0.25, 0.3) is 0 Å². The molecule has 1 fully saturated rings. The van der Waals surface area contributed by atoms with Gasteiger partial charge in [-0.3, -0.25) is 0 Å². The zero-order valence-electron chi connectivity index (χ0n) is 14.5. The minimum absolute atomic E-state index is 0.590. The Morgan fingerprint density at radius 1 is 1.00 bits per heavy atom. The average Bonchev–Trinajstić information content (AvgIpc) is 2.59. The molecule has 1 N–H and O–H groups in total. The van der Waals surface area contributed by atoms with E-state index in [1.807, 2.05) is 0 Å². The number of piperazine rings is 1. The molecule has 1 aliphatic heterocycles. The van der Waals surface area contributed by atoms with E-state index in [4.69, 9.17) is 14.2 Å². The lowest BCUT2D eigenvalue weighted by Gasteiger charge is -2.32. The molecule has 130 valence electrons. The highest BCUT2D eigenvalue weighted by molar-refractivity contribution is 5.51. The van der Waals surface area contributed by atoms with Crippen LogP contribution in [0.5, 0.6) is 17.2 Å². The van der Waals surface area contributed by atoms with Gasteiger partial charge in [-0.05, 0) is 13.5 Å². The molecule has 0 amide bonds. The van der Waals surface area contributed by atoms with Crippen molar-refractivity contribution >= 4 is 0 Å². The van der Waals surface area contributed by atoms with Crippen LogP contribution in [-0.4, -0.2) is 76.0 Å². The average molecular weight is 324 g/mol. The standard InChI is InChI=1S/C17H28N2O4/c1-18-7-9-19(10-8-18)6-5-14(20)17-15(22-3)11-13(21-2)12-16(17)23-4/h11-12,14,20H,5-10H2,1-4H3. The van der Waals surface area contributed by atoms with Gasteiger partial charge in [-0.15, -0.1) is 0 Å². The highest BCUT2D eigenvalue weighted by Gasteiger charge is 2.22. The second kappa shape index (κ2) is 8.38. The third kappa shape index (κ3) is 4.50. The quantitative estimate of drug-likeness (QED) is 0.818. The molecular weight excluding hydrogens is 296 g/mol. The highest BCUT2D eigenvalue weighted by Crippen LogP contribution is 2.39. The summed E-state index contributed by atoms with van der Waals surface area (Å²) in [5.74, 6) is 1.83. The molecule has 1 aromatic rings. The van der Waals surface area contributed by atoms with E-state index in [-0.39, 0.29) is 0 Å². The summed E-state index contributed by atoms with van der Waals surface area (Å²) in [6.07, 6.45) is 0.00780. The van der Waals surface area contributed by atoms with Crippen molar-refractivity contribution in [3.8, 4) is 17.2 Å². The molecule has 1 heterocycles. The Hall–Kier alpha value is -1.50. The molecule has 6 heteroatoms. The van der Waals surface area contributed by atoms with Gasteiger partial charge in [0, 0.05) is 44.9 Å². The first-order valence-electron chi connectivity index (χ1n) is 7.98. The van der Waals surface area contributed by atoms with Crippen LogP contribution < -0.4 is 14.2 Å². The molecule has 2 rings (SSSR count). The summed E-state index contributed by atoms with van der Waals surface area (Å²) >= 11 is 0. The lowest BCUT2D eigenvalue weighted by atomic mass is 10.0. The van der Waals surface area contributed by atoms with Gasteiger partial charge in [-0.25, -0.2) is 0 Å². The first kappa shape index (κ1) is 17.8. The summed E-state index contributed by atoms with van der Waals surface area (Å²) in [7, 11) is 6.91. The van der Waals surface area contributed by atoms with E-state index < -0.39 is 6.10 Å². The molecule has 23 heavy (non-hydrogen) atoms. The van der Waals surface area contributed by atoms with Crippen LogP contribution in [0.2, 0.25) is 0 Å². The van der Waals surface area contributed by atoms with Gasteiger partial charge in [0.2, 0.25) is 0 Å². The van der Waals surface area contributed by atoms with Gasteiger partial charge in [0.1, 0.15) is 17.2 Å². The summed E-state index contributed by atoms with van der Waals surface area (Å²) in [5, 5.41) is 10.7. The molecule has 0 bridgehead atoms. The Kier molecular flexibility index (Phi) is 6.50. The molecule has 0 aliphatic carbocycles. The fourth-order valence-electron chi connectivity index (χ4n) is 2.88. The summed E-state index contributed by atoms with van der Waals surface area (Å²) in [4.78, 5) is 4.70. The van der Waals surface area contributed by atoms with Crippen molar-refractivity contribution in [3.05, 3.63) is 17.7 Å². The van der Waals surface area contributed by atoms with Gasteiger partial charge in [-0.2, -0.15) is 0 Å². The molecule has 1 aliphatic rings. The first-order valence-corrected chi connectivity index (χ1v) is 7.98. The zero-order valence-corrected chi connectivity index (χ0v) is 14.5. The number of nitrogens with zero attached hydrogens (tertiary/aromatic N) is 2. The minimum atomic E-state index is -0.634. The van der Waals surface area contributed by atoms with E-state index in [9.17, 15) is 5.11 Å². The van der Waals surface area contributed by atoms with Crippen molar-refractivity contribution in [1.82, 2.24) is 9.80 Å². The molecule has 0 spiro atoms. The number of ether oxygens (including phenoxy) is 3. The molecule has 0 radical (unpaired) electrons. The van der Waals surface area contributed by atoms with Gasteiger partial charge >= 0.3 is 0 Å². The van der Waals surface area contributed by atoms with Gasteiger partial charge in [-0.1, -0.05) is 0 Å².